The van der Waals surface area contributed by atoms with E-state index in [4.69, 9.17) is 0 Å². The number of allylic oxidation sites excluding steroid dienone is 4. The van der Waals surface area contributed by atoms with Crippen LogP contribution in [0.3, 0.4) is 0 Å². The van der Waals surface area contributed by atoms with E-state index in [2.05, 4.69) is 13.2 Å². The molecule has 0 aromatic rings. The maximum atomic E-state index is 12.2. The Bertz CT molecular complexity index is 249. The predicted molar refractivity (Wildman–Crippen MR) is 59.8 cm³/mol. The van der Waals surface area contributed by atoms with E-state index in [0.29, 0.717) is 12.0 Å². The number of hydrogen-bond acceptors (Lipinski definition) is 1. The molecule has 0 rings (SSSR count). The number of rotatable bonds is 3. The molecule has 0 heterocycles. The van der Waals surface area contributed by atoms with Gasteiger partial charge in [0.15, 0.2) is 0 Å². The number of carbonyl (C=O) groups is 1. The molecule has 0 atom stereocenters. The summed E-state index contributed by atoms with van der Waals surface area (Å²) >= 11 is 0. The first-order valence-corrected chi connectivity index (χ1v) is 4.49. The first kappa shape index (κ1) is 15.3. The Morgan fingerprint density at radius 1 is 1.29 bits per heavy atom. The lowest BCUT2D eigenvalue weighted by molar-refractivity contribution is -0.116. The van der Waals surface area contributed by atoms with Crippen molar-refractivity contribution in [1.82, 2.24) is 0 Å². The maximum Gasteiger partial charge on any atom is 0.129 e. The highest BCUT2D eigenvalue weighted by Gasteiger charge is 1.90. The van der Waals surface area contributed by atoms with Crippen molar-refractivity contribution in [2.45, 2.75) is 34.1 Å². The van der Waals surface area contributed by atoms with Gasteiger partial charge in [-0.1, -0.05) is 31.7 Å². The second-order valence-electron chi connectivity index (χ2n) is 3.13. The van der Waals surface area contributed by atoms with Crippen molar-refractivity contribution >= 4 is 5.78 Å². The molecule has 0 saturated heterocycles. The summed E-state index contributed by atoms with van der Waals surface area (Å²) in [6.45, 7) is 13.6. The topological polar surface area (TPSA) is 17.1 Å². The molecule has 2 heteroatoms. The third-order valence-corrected chi connectivity index (χ3v) is 1.39. The van der Waals surface area contributed by atoms with Crippen LogP contribution in [0.1, 0.15) is 34.1 Å². The first-order valence-electron chi connectivity index (χ1n) is 4.49. The van der Waals surface area contributed by atoms with E-state index >= 15 is 0 Å². The molecule has 0 spiro atoms. The molecular formula is C12H19FO. The Morgan fingerprint density at radius 3 is 1.71 bits per heavy atom. The molecule has 0 amide bonds. The molecule has 0 fully saturated rings. The minimum atomic E-state index is -0.391. The number of halogens is 1. The number of carbonyl (C=O) groups excluding carboxylic acids is 1. The molecule has 0 N–H and O–H groups in total. The molecule has 14 heavy (non-hydrogen) atoms. The summed E-state index contributed by atoms with van der Waals surface area (Å²) in [5.74, 6) is -0.136. The summed E-state index contributed by atoms with van der Waals surface area (Å²) in [6.07, 6.45) is 2.32. The fourth-order valence-electron chi connectivity index (χ4n) is 0.448. The summed E-state index contributed by atoms with van der Waals surface area (Å²) in [5.41, 5.74) is 1.38. The minimum Gasteiger partial charge on any atom is -0.300 e. The maximum absolute atomic E-state index is 12.2. The van der Waals surface area contributed by atoms with Crippen LogP contribution >= 0.6 is 0 Å². The van der Waals surface area contributed by atoms with Crippen molar-refractivity contribution < 1.29 is 9.18 Å². The van der Waals surface area contributed by atoms with E-state index in [-0.39, 0.29) is 5.78 Å². The van der Waals surface area contributed by atoms with E-state index in [9.17, 15) is 9.18 Å². The van der Waals surface area contributed by atoms with E-state index in [1.54, 1.807) is 19.9 Å². The molecule has 80 valence electrons. The molecule has 0 aliphatic rings. The van der Waals surface area contributed by atoms with Crippen LogP contribution < -0.4 is 0 Å². The molecule has 1 nitrogen and oxygen atoms in total. The molecule has 0 aliphatic carbocycles. The van der Waals surface area contributed by atoms with E-state index < -0.39 is 5.83 Å². The standard InChI is InChI=1S/C8H11F.C4H8O/c1-6(2)5-7(3)8(4)9;1-3-4(2)5/h5H,1,4H2,2-3H3;3H2,1-2H3/b7-5-;. The molecule has 0 unspecified atom stereocenters. The summed E-state index contributed by atoms with van der Waals surface area (Å²) in [7, 11) is 0. The number of ketones is 1. The zero-order valence-electron chi connectivity index (χ0n) is 9.48. The van der Waals surface area contributed by atoms with Gasteiger partial charge < -0.3 is 4.79 Å². The Hall–Kier alpha value is -1.18. The minimum absolute atomic E-state index is 0.255. The molecule has 0 saturated carbocycles. The van der Waals surface area contributed by atoms with Gasteiger partial charge in [0.2, 0.25) is 0 Å². The molecule has 0 bridgehead atoms. The van der Waals surface area contributed by atoms with Crippen LogP contribution in [0.15, 0.2) is 36.2 Å². The SMILES string of the molecule is C=C(C)/C=C(/C)C(=C)F.CCC(C)=O. The average molecular weight is 198 g/mol. The highest BCUT2D eigenvalue weighted by Crippen LogP contribution is 2.09. The largest absolute Gasteiger partial charge is 0.300 e. The zero-order valence-corrected chi connectivity index (χ0v) is 9.48. The smallest absolute Gasteiger partial charge is 0.129 e. The van der Waals surface area contributed by atoms with Crippen molar-refractivity contribution in [3.8, 4) is 0 Å². The Labute approximate surface area is 86.0 Å². The van der Waals surface area contributed by atoms with Crippen LogP contribution in [-0.2, 0) is 4.79 Å². The average Bonchev–Trinajstić information content (AvgIpc) is 2.04. The van der Waals surface area contributed by atoms with E-state index in [1.807, 2.05) is 13.8 Å². The van der Waals surface area contributed by atoms with Crippen LogP contribution in [0.25, 0.3) is 0 Å². The van der Waals surface area contributed by atoms with Crippen molar-refractivity contribution in [1.29, 1.82) is 0 Å². The second-order valence-corrected chi connectivity index (χ2v) is 3.13. The van der Waals surface area contributed by atoms with E-state index in [0.717, 1.165) is 5.57 Å². The zero-order chi connectivity index (χ0) is 11.7. The molecule has 0 radical (unpaired) electrons. The fourth-order valence-corrected chi connectivity index (χ4v) is 0.448. The van der Waals surface area contributed by atoms with Gasteiger partial charge >= 0.3 is 0 Å². The van der Waals surface area contributed by atoms with Crippen molar-refractivity contribution in [3.05, 3.63) is 36.2 Å². The van der Waals surface area contributed by atoms with Crippen LogP contribution in [0.4, 0.5) is 4.39 Å². The van der Waals surface area contributed by atoms with Crippen LogP contribution in [-0.4, -0.2) is 5.78 Å². The van der Waals surface area contributed by atoms with Gasteiger partial charge in [-0.15, -0.1) is 0 Å². The molecule has 0 aromatic heterocycles. The van der Waals surface area contributed by atoms with Gasteiger partial charge in [-0.2, -0.15) is 0 Å². The molecule has 0 aromatic carbocycles. The van der Waals surface area contributed by atoms with Gasteiger partial charge in [-0.05, 0) is 26.3 Å². The monoisotopic (exact) mass is 198 g/mol. The summed E-state index contributed by atoms with van der Waals surface area (Å²) in [6, 6.07) is 0. The molecule has 0 aliphatic heterocycles. The Morgan fingerprint density at radius 2 is 1.64 bits per heavy atom. The predicted octanol–water partition coefficient (Wildman–Crippen LogP) is 3.98. The van der Waals surface area contributed by atoms with Crippen LogP contribution in [0.5, 0.6) is 0 Å². The summed E-state index contributed by atoms with van der Waals surface area (Å²) in [5, 5.41) is 0. The third kappa shape index (κ3) is 13.4. The number of Topliss-reactive ketones (excluding diaryl/α,β-unsaturated/α-hetero) is 1. The van der Waals surface area contributed by atoms with Crippen LogP contribution in [0, 0.1) is 0 Å². The molecular weight excluding hydrogens is 179 g/mol. The lowest BCUT2D eigenvalue weighted by Crippen LogP contribution is -1.80. The normalized spacial score (nSPS) is 9.93. The van der Waals surface area contributed by atoms with Gasteiger partial charge in [0.25, 0.3) is 0 Å². The van der Waals surface area contributed by atoms with Crippen molar-refractivity contribution in [3.63, 3.8) is 0 Å². The fraction of sp³-hybridized carbons (Fsp3) is 0.417. The van der Waals surface area contributed by atoms with Gasteiger partial charge in [-0.3, -0.25) is 0 Å². The lowest BCUT2D eigenvalue weighted by Gasteiger charge is -1.92. The summed E-state index contributed by atoms with van der Waals surface area (Å²) < 4.78 is 12.2. The summed E-state index contributed by atoms with van der Waals surface area (Å²) in [4.78, 5) is 9.81. The quantitative estimate of drug-likeness (QED) is 0.627. The second kappa shape index (κ2) is 8.42. The van der Waals surface area contributed by atoms with Gasteiger partial charge in [0, 0.05) is 6.42 Å². The van der Waals surface area contributed by atoms with Gasteiger partial charge in [0.05, 0.1) is 0 Å². The van der Waals surface area contributed by atoms with Crippen LogP contribution in [0.2, 0.25) is 0 Å². The Balaban J connectivity index is 0. The van der Waals surface area contributed by atoms with E-state index in [1.165, 1.54) is 0 Å². The third-order valence-electron chi connectivity index (χ3n) is 1.39. The highest BCUT2D eigenvalue weighted by atomic mass is 19.1. The Kier molecular flexibility index (Phi) is 9.20. The van der Waals surface area contributed by atoms with Crippen molar-refractivity contribution in [2.24, 2.45) is 0 Å². The highest BCUT2D eigenvalue weighted by molar-refractivity contribution is 5.74. The first-order chi connectivity index (χ1) is 6.31. The van der Waals surface area contributed by atoms with Gasteiger partial charge in [-0.25, -0.2) is 4.39 Å². The van der Waals surface area contributed by atoms with Gasteiger partial charge in [0.1, 0.15) is 11.6 Å². The number of hydrogen-bond donors (Lipinski definition) is 0. The van der Waals surface area contributed by atoms with Crippen molar-refractivity contribution in [2.75, 3.05) is 0 Å². The lowest BCUT2D eigenvalue weighted by atomic mass is 10.2.